The molecule has 0 spiro atoms. The average molecular weight is 377 g/mol. The number of sulfonamides is 1. The fourth-order valence-corrected chi connectivity index (χ4v) is 4.11. The molecule has 6 nitrogen and oxygen atoms in total. The van der Waals surface area contributed by atoms with Crippen molar-refractivity contribution in [2.24, 2.45) is 0 Å². The molecule has 0 unspecified atom stereocenters. The average Bonchev–Trinajstić information content (AvgIpc) is 3.47. The molecule has 140 valence electrons. The standard InChI is InChI=1S/C19H23NO5S/c1-23-15-6-4-14(5-7-15)19(10-11-19)13-20-26(21,22)16-8-9-17(24-2)18(12-16)25-3/h4-9,12,20H,10-11,13H2,1-3H3. The SMILES string of the molecule is COc1ccc(C2(CNS(=O)(=O)c3ccc(OC)c(OC)c3)CC2)cc1. The normalized spacial score (nSPS) is 15.3. The van der Waals surface area contributed by atoms with Crippen molar-refractivity contribution < 1.29 is 22.6 Å². The van der Waals surface area contributed by atoms with E-state index < -0.39 is 10.0 Å². The van der Waals surface area contributed by atoms with Gasteiger partial charge in [-0.25, -0.2) is 13.1 Å². The van der Waals surface area contributed by atoms with Gasteiger partial charge in [-0.1, -0.05) is 12.1 Å². The molecule has 1 aliphatic rings. The van der Waals surface area contributed by atoms with E-state index in [1.54, 1.807) is 13.2 Å². The number of benzene rings is 2. The van der Waals surface area contributed by atoms with Crippen molar-refractivity contribution in [3.05, 3.63) is 48.0 Å². The van der Waals surface area contributed by atoms with Gasteiger partial charge in [-0.3, -0.25) is 0 Å². The third-order valence-electron chi connectivity index (χ3n) is 4.82. The number of hydrogen-bond acceptors (Lipinski definition) is 5. The Morgan fingerprint density at radius 1 is 0.923 bits per heavy atom. The van der Waals surface area contributed by atoms with E-state index in [-0.39, 0.29) is 10.3 Å². The van der Waals surface area contributed by atoms with Crippen LogP contribution in [0.2, 0.25) is 0 Å². The van der Waals surface area contributed by atoms with Gasteiger partial charge in [0, 0.05) is 18.0 Å². The molecular weight excluding hydrogens is 354 g/mol. The Hall–Kier alpha value is -2.25. The molecule has 1 fully saturated rings. The van der Waals surface area contributed by atoms with Gasteiger partial charge >= 0.3 is 0 Å². The molecule has 0 amide bonds. The molecule has 3 rings (SSSR count). The van der Waals surface area contributed by atoms with E-state index in [0.717, 1.165) is 24.2 Å². The molecule has 7 heteroatoms. The minimum atomic E-state index is -3.64. The summed E-state index contributed by atoms with van der Waals surface area (Å²) in [7, 11) is 0.969. The summed E-state index contributed by atoms with van der Waals surface area (Å²) in [5.74, 6) is 1.66. The number of hydrogen-bond donors (Lipinski definition) is 1. The van der Waals surface area contributed by atoms with E-state index in [2.05, 4.69) is 4.72 Å². The minimum absolute atomic E-state index is 0.143. The van der Waals surface area contributed by atoms with Crippen molar-refractivity contribution in [2.45, 2.75) is 23.2 Å². The lowest BCUT2D eigenvalue weighted by atomic mass is 9.96. The van der Waals surface area contributed by atoms with Crippen LogP contribution < -0.4 is 18.9 Å². The van der Waals surface area contributed by atoms with Crippen LogP contribution >= 0.6 is 0 Å². The number of rotatable bonds is 8. The first-order chi connectivity index (χ1) is 12.4. The smallest absolute Gasteiger partial charge is 0.240 e. The highest BCUT2D eigenvalue weighted by atomic mass is 32.2. The predicted octanol–water partition coefficient (Wildman–Crippen LogP) is 2.72. The van der Waals surface area contributed by atoms with Gasteiger partial charge in [-0.2, -0.15) is 0 Å². The quantitative estimate of drug-likeness (QED) is 0.766. The third kappa shape index (κ3) is 3.64. The lowest BCUT2D eigenvalue weighted by Crippen LogP contribution is -2.32. The van der Waals surface area contributed by atoms with Gasteiger partial charge in [0.15, 0.2) is 11.5 Å². The van der Waals surface area contributed by atoms with Crippen LogP contribution in [-0.4, -0.2) is 36.3 Å². The summed E-state index contributed by atoms with van der Waals surface area (Å²) in [6.45, 7) is 0.357. The van der Waals surface area contributed by atoms with Crippen LogP contribution in [0.3, 0.4) is 0 Å². The molecule has 2 aromatic carbocycles. The van der Waals surface area contributed by atoms with Crippen LogP contribution in [0.15, 0.2) is 47.4 Å². The highest BCUT2D eigenvalue weighted by Gasteiger charge is 2.44. The second-order valence-electron chi connectivity index (χ2n) is 6.35. The van der Waals surface area contributed by atoms with Crippen molar-refractivity contribution in [3.63, 3.8) is 0 Å². The zero-order valence-corrected chi connectivity index (χ0v) is 15.9. The number of methoxy groups -OCH3 is 3. The molecule has 1 aliphatic carbocycles. The molecule has 0 bridgehead atoms. The van der Waals surface area contributed by atoms with Crippen LogP contribution in [0.5, 0.6) is 17.2 Å². The molecule has 0 aliphatic heterocycles. The maximum atomic E-state index is 12.7. The van der Waals surface area contributed by atoms with E-state index in [4.69, 9.17) is 14.2 Å². The summed E-state index contributed by atoms with van der Waals surface area (Å²) in [5, 5.41) is 0. The lowest BCUT2D eigenvalue weighted by Gasteiger charge is -2.17. The Morgan fingerprint density at radius 3 is 2.12 bits per heavy atom. The van der Waals surface area contributed by atoms with Gasteiger partial charge < -0.3 is 14.2 Å². The maximum Gasteiger partial charge on any atom is 0.240 e. The second kappa shape index (κ2) is 7.17. The van der Waals surface area contributed by atoms with Crippen molar-refractivity contribution in [1.82, 2.24) is 4.72 Å². The predicted molar refractivity (Wildman–Crippen MR) is 98.6 cm³/mol. The van der Waals surface area contributed by atoms with Crippen LogP contribution in [0.25, 0.3) is 0 Å². The third-order valence-corrected chi connectivity index (χ3v) is 6.22. The van der Waals surface area contributed by atoms with E-state index in [1.807, 2.05) is 24.3 Å². The van der Waals surface area contributed by atoms with E-state index in [9.17, 15) is 8.42 Å². The van der Waals surface area contributed by atoms with Crippen molar-refractivity contribution in [1.29, 1.82) is 0 Å². The highest BCUT2D eigenvalue weighted by molar-refractivity contribution is 7.89. The first-order valence-electron chi connectivity index (χ1n) is 8.30. The Labute approximate surface area is 154 Å². The monoisotopic (exact) mass is 377 g/mol. The largest absolute Gasteiger partial charge is 0.497 e. The summed E-state index contributed by atoms with van der Waals surface area (Å²) >= 11 is 0. The van der Waals surface area contributed by atoms with Crippen LogP contribution in [0.1, 0.15) is 18.4 Å². The summed E-state index contributed by atoms with van der Waals surface area (Å²) < 4.78 is 43.6. The molecule has 1 N–H and O–H groups in total. The lowest BCUT2D eigenvalue weighted by molar-refractivity contribution is 0.354. The topological polar surface area (TPSA) is 73.9 Å². The maximum absolute atomic E-state index is 12.7. The van der Waals surface area contributed by atoms with E-state index in [0.29, 0.717) is 18.0 Å². The van der Waals surface area contributed by atoms with Crippen LogP contribution in [-0.2, 0) is 15.4 Å². The number of nitrogens with one attached hydrogen (secondary N) is 1. The zero-order valence-electron chi connectivity index (χ0n) is 15.1. The highest BCUT2D eigenvalue weighted by Crippen LogP contribution is 2.48. The fourth-order valence-electron chi connectivity index (χ4n) is 2.96. The molecule has 0 saturated heterocycles. The molecule has 0 heterocycles. The Morgan fingerprint density at radius 2 is 1.58 bits per heavy atom. The minimum Gasteiger partial charge on any atom is -0.497 e. The number of ether oxygens (including phenoxy) is 3. The Balaban J connectivity index is 1.75. The summed E-state index contributed by atoms with van der Waals surface area (Å²) in [4.78, 5) is 0.153. The molecule has 26 heavy (non-hydrogen) atoms. The van der Waals surface area contributed by atoms with E-state index in [1.165, 1.54) is 26.4 Å². The molecule has 2 aromatic rings. The van der Waals surface area contributed by atoms with Crippen molar-refractivity contribution in [2.75, 3.05) is 27.9 Å². The fraction of sp³-hybridized carbons (Fsp3) is 0.368. The van der Waals surface area contributed by atoms with Gasteiger partial charge in [0.2, 0.25) is 10.0 Å². The first kappa shape index (κ1) is 18.5. The van der Waals surface area contributed by atoms with Gasteiger partial charge in [0.05, 0.1) is 26.2 Å². The van der Waals surface area contributed by atoms with E-state index >= 15 is 0 Å². The zero-order chi connectivity index (χ0) is 18.8. The van der Waals surface area contributed by atoms with Gasteiger partial charge in [-0.05, 0) is 42.7 Å². The summed E-state index contributed by atoms with van der Waals surface area (Å²) in [5.41, 5.74) is 0.976. The molecule has 0 aromatic heterocycles. The van der Waals surface area contributed by atoms with Gasteiger partial charge in [0.25, 0.3) is 0 Å². The van der Waals surface area contributed by atoms with Crippen LogP contribution in [0.4, 0.5) is 0 Å². The summed E-state index contributed by atoms with van der Waals surface area (Å²) in [6, 6.07) is 12.4. The first-order valence-corrected chi connectivity index (χ1v) is 9.79. The van der Waals surface area contributed by atoms with Gasteiger partial charge in [0.1, 0.15) is 5.75 Å². The van der Waals surface area contributed by atoms with Crippen molar-refractivity contribution in [3.8, 4) is 17.2 Å². The Bertz CT molecular complexity index is 873. The summed E-state index contributed by atoms with van der Waals surface area (Å²) in [6.07, 6.45) is 1.90. The van der Waals surface area contributed by atoms with Gasteiger partial charge in [-0.15, -0.1) is 0 Å². The van der Waals surface area contributed by atoms with Crippen LogP contribution in [0, 0.1) is 0 Å². The molecule has 0 radical (unpaired) electrons. The Kier molecular flexibility index (Phi) is 5.11. The van der Waals surface area contributed by atoms with Crippen molar-refractivity contribution >= 4 is 10.0 Å². The molecule has 1 saturated carbocycles. The second-order valence-corrected chi connectivity index (χ2v) is 8.12. The molecular formula is C19H23NO5S. The molecule has 0 atom stereocenters.